The molecule has 0 saturated carbocycles. The van der Waals surface area contributed by atoms with Crippen molar-refractivity contribution in [3.63, 3.8) is 0 Å². The Bertz CT molecular complexity index is 399. The first kappa shape index (κ1) is 22.4. The number of piperidine rings is 1. The van der Waals surface area contributed by atoms with Gasteiger partial charge in [-0.2, -0.15) is 0 Å². The highest BCUT2D eigenvalue weighted by Gasteiger charge is 2.24. The molecule has 0 radical (unpaired) electrons. The second kappa shape index (κ2) is 13.3. The van der Waals surface area contributed by atoms with Crippen LogP contribution >= 0.6 is 0 Å². The first-order valence-corrected chi connectivity index (χ1v) is 11.1. The fraction of sp³-hybridized carbons (Fsp3) is 0.952. The van der Waals surface area contributed by atoms with E-state index in [1.165, 1.54) is 12.8 Å². The Kier molecular flexibility index (Phi) is 11.1. The van der Waals surface area contributed by atoms with Gasteiger partial charge < -0.3 is 24.8 Å². The fourth-order valence-corrected chi connectivity index (χ4v) is 3.98. The van der Waals surface area contributed by atoms with Gasteiger partial charge in [-0.1, -0.05) is 13.3 Å². The van der Waals surface area contributed by atoms with Crippen LogP contribution in [0.25, 0.3) is 0 Å². The van der Waals surface area contributed by atoms with Gasteiger partial charge in [-0.25, -0.2) is 0 Å². The highest BCUT2D eigenvalue weighted by Crippen LogP contribution is 2.18. The minimum absolute atomic E-state index is 0.254. The maximum Gasteiger partial charge on any atom is 0.193 e. The largest absolute Gasteiger partial charge is 0.396 e. The number of aliphatic imine (C=N–C) groups is 1. The molecule has 0 aromatic carbocycles. The summed E-state index contributed by atoms with van der Waals surface area (Å²) in [5.41, 5.74) is 0. The van der Waals surface area contributed by atoms with E-state index in [1.54, 1.807) is 0 Å². The van der Waals surface area contributed by atoms with E-state index in [9.17, 15) is 5.11 Å². The lowest BCUT2D eigenvalue weighted by Crippen LogP contribution is -2.47. The number of guanidine groups is 1. The summed E-state index contributed by atoms with van der Waals surface area (Å²) in [5, 5.41) is 12.7. The minimum Gasteiger partial charge on any atom is -0.396 e. The number of rotatable bonds is 10. The zero-order valence-corrected chi connectivity index (χ0v) is 17.5. The molecule has 2 aliphatic heterocycles. The Labute approximate surface area is 165 Å². The van der Waals surface area contributed by atoms with Gasteiger partial charge in [0, 0.05) is 39.4 Å². The van der Waals surface area contributed by atoms with Crippen LogP contribution < -0.4 is 5.32 Å². The molecule has 2 fully saturated rings. The molecule has 2 heterocycles. The lowest BCUT2D eigenvalue weighted by atomic mass is 10.0. The zero-order chi connectivity index (χ0) is 19.3. The molecule has 0 aromatic rings. The maximum atomic E-state index is 9.26. The maximum absolute atomic E-state index is 9.26. The molecule has 0 bridgehead atoms. The predicted octanol–water partition coefficient (Wildman–Crippen LogP) is 2.80. The SMILES string of the molecule is CCCC(CCO)CN=C(NCC)N1CCC(OCC2CCCCO2)CC1. The van der Waals surface area contributed by atoms with Crippen molar-refractivity contribution < 1.29 is 14.6 Å². The zero-order valence-electron chi connectivity index (χ0n) is 17.5. The van der Waals surface area contributed by atoms with E-state index in [4.69, 9.17) is 14.5 Å². The monoisotopic (exact) mass is 383 g/mol. The first-order valence-electron chi connectivity index (χ1n) is 11.1. The molecule has 0 amide bonds. The van der Waals surface area contributed by atoms with E-state index in [-0.39, 0.29) is 6.61 Å². The van der Waals surface area contributed by atoms with Gasteiger partial charge in [-0.3, -0.25) is 4.99 Å². The first-order chi connectivity index (χ1) is 13.3. The Balaban J connectivity index is 1.76. The van der Waals surface area contributed by atoms with E-state index in [2.05, 4.69) is 24.1 Å². The topological polar surface area (TPSA) is 66.3 Å². The summed E-state index contributed by atoms with van der Waals surface area (Å²) in [6, 6.07) is 0. The molecule has 2 atom stereocenters. The molecule has 158 valence electrons. The van der Waals surface area contributed by atoms with Crippen molar-refractivity contribution in [1.82, 2.24) is 10.2 Å². The normalized spacial score (nSPS) is 23.4. The summed E-state index contributed by atoms with van der Waals surface area (Å²) in [5.74, 6) is 1.50. The molecule has 2 saturated heterocycles. The third-order valence-corrected chi connectivity index (χ3v) is 5.60. The van der Waals surface area contributed by atoms with Crippen LogP contribution in [0.5, 0.6) is 0 Å². The summed E-state index contributed by atoms with van der Waals surface area (Å²) >= 11 is 0. The van der Waals surface area contributed by atoms with Gasteiger partial charge in [-0.15, -0.1) is 0 Å². The van der Waals surface area contributed by atoms with Crippen LogP contribution in [-0.2, 0) is 9.47 Å². The number of aliphatic hydroxyl groups is 1. The lowest BCUT2D eigenvalue weighted by Gasteiger charge is -2.35. The summed E-state index contributed by atoms with van der Waals surface area (Å²) in [7, 11) is 0. The number of ether oxygens (including phenoxy) is 2. The second-order valence-electron chi connectivity index (χ2n) is 7.87. The highest BCUT2D eigenvalue weighted by atomic mass is 16.5. The number of aliphatic hydroxyl groups excluding tert-OH is 1. The summed E-state index contributed by atoms with van der Waals surface area (Å²) in [6.45, 7) is 9.86. The molecule has 2 aliphatic rings. The van der Waals surface area contributed by atoms with Crippen LogP contribution in [0.1, 0.15) is 65.2 Å². The fourth-order valence-electron chi connectivity index (χ4n) is 3.98. The van der Waals surface area contributed by atoms with Gasteiger partial charge in [0.05, 0.1) is 18.8 Å². The van der Waals surface area contributed by atoms with Gasteiger partial charge in [0.25, 0.3) is 0 Å². The van der Waals surface area contributed by atoms with Gasteiger partial charge in [0.2, 0.25) is 0 Å². The predicted molar refractivity (Wildman–Crippen MR) is 110 cm³/mol. The molecule has 6 heteroatoms. The van der Waals surface area contributed by atoms with Crippen LogP contribution in [0.2, 0.25) is 0 Å². The molecular weight excluding hydrogens is 342 g/mol. The molecule has 27 heavy (non-hydrogen) atoms. The summed E-state index contributed by atoms with van der Waals surface area (Å²) in [6.07, 6.45) is 9.46. The molecule has 2 unspecified atom stereocenters. The molecule has 2 rings (SSSR count). The average molecular weight is 384 g/mol. The molecular formula is C21H41N3O3. The number of nitrogens with zero attached hydrogens (tertiary/aromatic N) is 2. The van der Waals surface area contributed by atoms with Crippen molar-refractivity contribution in [2.24, 2.45) is 10.9 Å². The van der Waals surface area contributed by atoms with Crippen molar-refractivity contribution in [2.45, 2.75) is 77.4 Å². The van der Waals surface area contributed by atoms with Crippen LogP contribution in [-0.4, -0.2) is 74.2 Å². The van der Waals surface area contributed by atoms with Gasteiger partial charge >= 0.3 is 0 Å². The number of hydrogen-bond acceptors (Lipinski definition) is 4. The van der Waals surface area contributed by atoms with E-state index in [0.717, 1.165) is 83.9 Å². The van der Waals surface area contributed by atoms with Crippen molar-refractivity contribution in [3.8, 4) is 0 Å². The van der Waals surface area contributed by atoms with E-state index < -0.39 is 0 Å². The van der Waals surface area contributed by atoms with Crippen molar-refractivity contribution in [1.29, 1.82) is 0 Å². The Morgan fingerprint density at radius 1 is 1.22 bits per heavy atom. The standard InChI is InChI=1S/C21H41N3O3/c1-3-7-18(11-14-25)16-23-21(22-4-2)24-12-9-19(10-13-24)27-17-20-8-5-6-15-26-20/h18-20,25H,3-17H2,1-2H3,(H,22,23). The second-order valence-corrected chi connectivity index (χ2v) is 7.87. The van der Waals surface area contributed by atoms with Crippen LogP contribution in [0.3, 0.4) is 0 Å². The van der Waals surface area contributed by atoms with Gasteiger partial charge in [-0.05, 0) is 57.8 Å². The molecule has 0 aromatic heterocycles. The van der Waals surface area contributed by atoms with E-state index in [1.807, 2.05) is 0 Å². The van der Waals surface area contributed by atoms with Crippen LogP contribution in [0.15, 0.2) is 4.99 Å². The van der Waals surface area contributed by atoms with Gasteiger partial charge in [0.15, 0.2) is 5.96 Å². The molecule has 6 nitrogen and oxygen atoms in total. The quantitative estimate of drug-likeness (QED) is 0.449. The number of likely N-dealkylation sites (tertiary alicyclic amines) is 1. The number of hydrogen-bond donors (Lipinski definition) is 2. The summed E-state index contributed by atoms with van der Waals surface area (Å²) in [4.78, 5) is 7.24. The smallest absolute Gasteiger partial charge is 0.193 e. The molecule has 0 spiro atoms. The summed E-state index contributed by atoms with van der Waals surface area (Å²) < 4.78 is 11.9. The Hall–Kier alpha value is -0.850. The minimum atomic E-state index is 0.254. The van der Waals surface area contributed by atoms with Crippen molar-refractivity contribution in [3.05, 3.63) is 0 Å². The van der Waals surface area contributed by atoms with Crippen LogP contribution in [0, 0.1) is 5.92 Å². The molecule has 0 aliphatic carbocycles. The third kappa shape index (κ3) is 8.36. The Morgan fingerprint density at radius 2 is 2.04 bits per heavy atom. The van der Waals surface area contributed by atoms with E-state index in [0.29, 0.717) is 18.1 Å². The van der Waals surface area contributed by atoms with E-state index >= 15 is 0 Å². The Morgan fingerprint density at radius 3 is 2.67 bits per heavy atom. The van der Waals surface area contributed by atoms with Crippen molar-refractivity contribution in [2.75, 3.05) is 46.0 Å². The van der Waals surface area contributed by atoms with Crippen LogP contribution in [0.4, 0.5) is 0 Å². The molecule has 2 N–H and O–H groups in total. The number of nitrogens with one attached hydrogen (secondary N) is 1. The van der Waals surface area contributed by atoms with Crippen molar-refractivity contribution >= 4 is 5.96 Å². The highest BCUT2D eigenvalue weighted by molar-refractivity contribution is 5.80. The third-order valence-electron chi connectivity index (χ3n) is 5.60. The lowest BCUT2D eigenvalue weighted by molar-refractivity contribution is -0.0721. The average Bonchev–Trinajstić information content (AvgIpc) is 2.71. The van der Waals surface area contributed by atoms with Gasteiger partial charge in [0.1, 0.15) is 0 Å².